The van der Waals surface area contributed by atoms with E-state index < -0.39 is 6.04 Å². The van der Waals surface area contributed by atoms with Crippen molar-refractivity contribution < 1.29 is 4.79 Å². The lowest BCUT2D eigenvalue weighted by atomic mass is 10.1. The molecule has 100 valence electrons. The molecule has 0 aliphatic carbocycles. The van der Waals surface area contributed by atoms with Gasteiger partial charge < -0.3 is 16.0 Å². The van der Waals surface area contributed by atoms with Crippen LogP contribution in [-0.4, -0.2) is 26.0 Å². The number of rotatable bonds is 5. The Bertz CT molecular complexity index is 416. The molecule has 3 N–H and O–H groups in total. The van der Waals surface area contributed by atoms with Crippen LogP contribution in [-0.2, 0) is 4.79 Å². The molecule has 1 rings (SSSR count). The highest BCUT2D eigenvalue weighted by molar-refractivity contribution is 5.96. The van der Waals surface area contributed by atoms with Crippen LogP contribution in [0.4, 0.5) is 11.4 Å². The zero-order valence-corrected chi connectivity index (χ0v) is 11.7. The summed E-state index contributed by atoms with van der Waals surface area (Å²) >= 11 is 0. The van der Waals surface area contributed by atoms with Crippen LogP contribution in [0.25, 0.3) is 0 Å². The van der Waals surface area contributed by atoms with Gasteiger partial charge in [0, 0.05) is 25.5 Å². The number of nitrogens with zero attached hydrogens (tertiary/aromatic N) is 1. The molecule has 0 bridgehead atoms. The lowest BCUT2D eigenvalue weighted by Gasteiger charge is -2.19. The molecule has 0 spiro atoms. The molecule has 0 saturated carbocycles. The Morgan fingerprint density at radius 1 is 1.44 bits per heavy atom. The predicted octanol–water partition coefficient (Wildman–Crippen LogP) is 2.13. The first-order chi connectivity index (χ1) is 8.47. The van der Waals surface area contributed by atoms with Gasteiger partial charge in [0.2, 0.25) is 5.91 Å². The summed E-state index contributed by atoms with van der Waals surface area (Å²) in [6.45, 7) is 4.02. The van der Waals surface area contributed by atoms with Crippen molar-refractivity contribution in [2.45, 2.75) is 32.7 Å². The van der Waals surface area contributed by atoms with Gasteiger partial charge in [0.15, 0.2) is 0 Å². The van der Waals surface area contributed by atoms with Gasteiger partial charge in [-0.2, -0.15) is 0 Å². The molecule has 0 aliphatic heterocycles. The Balaban J connectivity index is 2.85. The lowest BCUT2D eigenvalue weighted by Crippen LogP contribution is -2.35. The fourth-order valence-electron chi connectivity index (χ4n) is 1.91. The number of hydrogen-bond acceptors (Lipinski definition) is 3. The molecule has 1 aromatic carbocycles. The van der Waals surface area contributed by atoms with Crippen molar-refractivity contribution in [1.29, 1.82) is 0 Å². The number of anilines is 2. The van der Waals surface area contributed by atoms with Crippen LogP contribution in [0.15, 0.2) is 18.2 Å². The Kier molecular flexibility index (Phi) is 5.16. The van der Waals surface area contributed by atoms with E-state index in [0.717, 1.165) is 23.4 Å². The summed E-state index contributed by atoms with van der Waals surface area (Å²) in [6, 6.07) is 5.43. The number of nitrogens with one attached hydrogen (secondary N) is 1. The fraction of sp³-hybridized carbons (Fsp3) is 0.500. The summed E-state index contributed by atoms with van der Waals surface area (Å²) < 4.78 is 0. The number of benzene rings is 1. The van der Waals surface area contributed by atoms with Gasteiger partial charge in [0.1, 0.15) is 0 Å². The van der Waals surface area contributed by atoms with Crippen LogP contribution in [0.1, 0.15) is 25.3 Å². The molecule has 1 aromatic rings. The molecule has 18 heavy (non-hydrogen) atoms. The van der Waals surface area contributed by atoms with Crippen molar-refractivity contribution in [2.75, 3.05) is 24.3 Å². The van der Waals surface area contributed by atoms with Crippen molar-refractivity contribution in [1.82, 2.24) is 0 Å². The number of nitrogens with two attached hydrogens (primary N) is 1. The Morgan fingerprint density at radius 3 is 2.67 bits per heavy atom. The summed E-state index contributed by atoms with van der Waals surface area (Å²) in [5, 5.41) is 2.90. The van der Waals surface area contributed by atoms with Crippen molar-refractivity contribution in [2.24, 2.45) is 5.73 Å². The van der Waals surface area contributed by atoms with Crippen LogP contribution in [0.3, 0.4) is 0 Å². The van der Waals surface area contributed by atoms with Gasteiger partial charge in [-0.15, -0.1) is 0 Å². The first-order valence-electron chi connectivity index (χ1n) is 6.30. The fourth-order valence-corrected chi connectivity index (χ4v) is 1.91. The number of carbonyl (C=O) groups is 1. The number of carbonyl (C=O) groups excluding carboxylic acids is 1. The first-order valence-corrected chi connectivity index (χ1v) is 6.30. The predicted molar refractivity (Wildman–Crippen MR) is 77.0 cm³/mol. The second-order valence-electron chi connectivity index (χ2n) is 4.73. The average molecular weight is 249 g/mol. The maximum absolute atomic E-state index is 11.9. The van der Waals surface area contributed by atoms with Crippen molar-refractivity contribution in [3.63, 3.8) is 0 Å². The van der Waals surface area contributed by atoms with Crippen LogP contribution >= 0.6 is 0 Å². The largest absolute Gasteiger partial charge is 0.377 e. The number of amides is 1. The molecular formula is C14H23N3O. The minimum absolute atomic E-state index is 0.115. The van der Waals surface area contributed by atoms with E-state index in [4.69, 9.17) is 5.73 Å². The zero-order valence-electron chi connectivity index (χ0n) is 11.7. The third-order valence-electron chi connectivity index (χ3n) is 2.98. The second-order valence-corrected chi connectivity index (χ2v) is 4.73. The Labute approximate surface area is 109 Å². The molecule has 1 unspecified atom stereocenters. The first kappa shape index (κ1) is 14.5. The molecule has 0 heterocycles. The third kappa shape index (κ3) is 3.47. The van der Waals surface area contributed by atoms with Gasteiger partial charge in [-0.3, -0.25) is 4.79 Å². The molecule has 0 aromatic heterocycles. The molecule has 1 amide bonds. The molecule has 1 atom stereocenters. The van der Waals surface area contributed by atoms with E-state index in [1.165, 1.54) is 0 Å². The summed E-state index contributed by atoms with van der Waals surface area (Å²) in [5.41, 5.74) is 8.78. The van der Waals surface area contributed by atoms with Crippen LogP contribution in [0, 0.1) is 6.92 Å². The minimum atomic E-state index is -0.433. The van der Waals surface area contributed by atoms with Gasteiger partial charge >= 0.3 is 0 Å². The average Bonchev–Trinajstić information content (AvgIpc) is 2.31. The lowest BCUT2D eigenvalue weighted by molar-refractivity contribution is -0.117. The maximum Gasteiger partial charge on any atom is 0.241 e. The van der Waals surface area contributed by atoms with Crippen LogP contribution in [0.2, 0.25) is 0 Å². The van der Waals surface area contributed by atoms with Crippen molar-refractivity contribution >= 4 is 17.3 Å². The standard InChI is InChI=1S/C14H23N3O/c1-5-7-11(15)14(18)16-12-8-6-9-13(10(12)2)17(3)4/h6,8-9,11H,5,7,15H2,1-4H3,(H,16,18). The van der Waals surface area contributed by atoms with Crippen LogP contribution < -0.4 is 16.0 Å². The third-order valence-corrected chi connectivity index (χ3v) is 2.98. The Morgan fingerprint density at radius 2 is 2.11 bits per heavy atom. The molecule has 0 fully saturated rings. The smallest absolute Gasteiger partial charge is 0.241 e. The van der Waals surface area contributed by atoms with E-state index in [-0.39, 0.29) is 5.91 Å². The topological polar surface area (TPSA) is 58.4 Å². The summed E-state index contributed by atoms with van der Waals surface area (Å²) in [4.78, 5) is 13.9. The maximum atomic E-state index is 11.9. The summed E-state index contributed by atoms with van der Waals surface area (Å²) in [5.74, 6) is -0.115. The highest BCUT2D eigenvalue weighted by atomic mass is 16.2. The van der Waals surface area contributed by atoms with E-state index in [0.29, 0.717) is 6.42 Å². The van der Waals surface area contributed by atoms with Crippen LogP contribution in [0.5, 0.6) is 0 Å². The quantitative estimate of drug-likeness (QED) is 0.840. The zero-order chi connectivity index (χ0) is 13.7. The highest BCUT2D eigenvalue weighted by Crippen LogP contribution is 2.25. The van der Waals surface area contributed by atoms with E-state index in [1.54, 1.807) is 0 Å². The molecule has 4 nitrogen and oxygen atoms in total. The molecule has 0 aliphatic rings. The van der Waals surface area contributed by atoms with E-state index in [9.17, 15) is 4.79 Å². The van der Waals surface area contributed by atoms with Gasteiger partial charge in [-0.05, 0) is 31.0 Å². The van der Waals surface area contributed by atoms with Gasteiger partial charge in [0.25, 0.3) is 0 Å². The number of hydrogen-bond donors (Lipinski definition) is 2. The summed E-state index contributed by atoms with van der Waals surface area (Å²) in [6.07, 6.45) is 1.61. The monoisotopic (exact) mass is 249 g/mol. The SMILES string of the molecule is CCCC(N)C(=O)Nc1cccc(N(C)C)c1C. The minimum Gasteiger partial charge on any atom is -0.377 e. The summed E-state index contributed by atoms with van der Waals surface area (Å²) in [7, 11) is 3.97. The van der Waals surface area contributed by atoms with E-state index in [1.807, 2.05) is 51.0 Å². The highest BCUT2D eigenvalue weighted by Gasteiger charge is 2.14. The second kappa shape index (κ2) is 6.40. The van der Waals surface area contributed by atoms with E-state index >= 15 is 0 Å². The molecular weight excluding hydrogens is 226 g/mol. The van der Waals surface area contributed by atoms with Gasteiger partial charge in [-0.25, -0.2) is 0 Å². The van der Waals surface area contributed by atoms with Crippen molar-refractivity contribution in [3.05, 3.63) is 23.8 Å². The van der Waals surface area contributed by atoms with Gasteiger partial charge in [-0.1, -0.05) is 19.4 Å². The molecule has 0 radical (unpaired) electrons. The molecule has 4 heteroatoms. The normalized spacial score (nSPS) is 12.1. The van der Waals surface area contributed by atoms with Gasteiger partial charge in [0.05, 0.1) is 6.04 Å². The Hall–Kier alpha value is -1.55. The van der Waals surface area contributed by atoms with Crippen molar-refractivity contribution in [3.8, 4) is 0 Å². The van der Waals surface area contributed by atoms with E-state index in [2.05, 4.69) is 5.32 Å². The molecule has 0 saturated heterocycles.